The fourth-order valence-corrected chi connectivity index (χ4v) is 1.75. The van der Waals surface area contributed by atoms with Gasteiger partial charge in [-0.3, -0.25) is 4.79 Å². The molecule has 18 heavy (non-hydrogen) atoms. The zero-order valence-corrected chi connectivity index (χ0v) is 12.0. The van der Waals surface area contributed by atoms with Gasteiger partial charge in [-0.05, 0) is 30.0 Å². The number of halogens is 2. The number of amides is 1. The Labute approximate surface area is 117 Å². The Hall–Kier alpha value is -0.770. The summed E-state index contributed by atoms with van der Waals surface area (Å²) < 4.78 is 0. The van der Waals surface area contributed by atoms with Gasteiger partial charge in [-0.25, -0.2) is 0 Å². The summed E-state index contributed by atoms with van der Waals surface area (Å²) in [6.07, 6.45) is 0.634. The first-order valence-corrected chi connectivity index (χ1v) is 6.45. The average Bonchev–Trinajstić information content (AvgIpc) is 2.30. The van der Waals surface area contributed by atoms with E-state index in [9.17, 15) is 4.79 Å². The summed E-state index contributed by atoms with van der Waals surface area (Å²) in [6, 6.07) is 4.76. The molecule has 3 nitrogen and oxygen atoms in total. The van der Waals surface area contributed by atoms with Crippen molar-refractivity contribution >= 4 is 29.1 Å². The molecule has 0 aliphatic carbocycles. The van der Waals surface area contributed by atoms with Crippen LogP contribution in [0.4, 0.5) is 0 Å². The summed E-state index contributed by atoms with van der Waals surface area (Å²) in [6.45, 7) is 4.57. The molecule has 0 bridgehead atoms. The van der Waals surface area contributed by atoms with Crippen molar-refractivity contribution < 1.29 is 9.90 Å². The van der Waals surface area contributed by atoms with Crippen LogP contribution in [-0.4, -0.2) is 24.2 Å². The predicted molar refractivity (Wildman–Crippen MR) is 74.3 cm³/mol. The van der Waals surface area contributed by atoms with E-state index in [-0.39, 0.29) is 17.9 Å². The molecule has 1 aromatic rings. The number of benzene rings is 1. The highest BCUT2D eigenvalue weighted by Gasteiger charge is 2.18. The van der Waals surface area contributed by atoms with Gasteiger partial charge in [0.15, 0.2) is 0 Å². The van der Waals surface area contributed by atoms with Crippen LogP contribution in [0, 0.1) is 5.41 Å². The summed E-state index contributed by atoms with van der Waals surface area (Å²) in [7, 11) is 0. The van der Waals surface area contributed by atoms with E-state index in [0.717, 1.165) is 0 Å². The average molecular weight is 290 g/mol. The molecule has 0 aromatic heterocycles. The first-order valence-electron chi connectivity index (χ1n) is 5.70. The normalized spacial score (nSPS) is 11.4. The van der Waals surface area contributed by atoms with Crippen molar-refractivity contribution in [1.82, 2.24) is 5.32 Å². The number of carbonyl (C=O) groups excluding carboxylic acids is 1. The van der Waals surface area contributed by atoms with Gasteiger partial charge in [0.25, 0.3) is 5.91 Å². The van der Waals surface area contributed by atoms with E-state index in [2.05, 4.69) is 5.32 Å². The van der Waals surface area contributed by atoms with E-state index in [0.29, 0.717) is 28.6 Å². The lowest BCUT2D eigenvalue weighted by molar-refractivity contribution is 0.0928. The van der Waals surface area contributed by atoms with Crippen molar-refractivity contribution in [2.24, 2.45) is 5.41 Å². The van der Waals surface area contributed by atoms with Crippen molar-refractivity contribution in [3.8, 4) is 0 Å². The highest BCUT2D eigenvalue weighted by atomic mass is 35.5. The van der Waals surface area contributed by atoms with Gasteiger partial charge in [-0.2, -0.15) is 0 Å². The SMILES string of the molecule is CC(C)(CCO)CNC(=O)c1ccc(Cl)c(Cl)c1. The minimum atomic E-state index is -0.195. The molecule has 0 aliphatic heterocycles. The van der Waals surface area contributed by atoms with Crippen LogP contribution in [0.1, 0.15) is 30.6 Å². The lowest BCUT2D eigenvalue weighted by Crippen LogP contribution is -2.34. The van der Waals surface area contributed by atoms with Crippen LogP contribution in [-0.2, 0) is 0 Å². The maximum Gasteiger partial charge on any atom is 0.251 e. The third-order valence-electron chi connectivity index (χ3n) is 2.70. The Kier molecular flexibility index (Phi) is 5.45. The molecular formula is C13H17Cl2NO2. The van der Waals surface area contributed by atoms with Crippen LogP contribution in [0.15, 0.2) is 18.2 Å². The summed E-state index contributed by atoms with van der Waals surface area (Å²) in [5.74, 6) is -0.195. The standard InChI is InChI=1S/C13H17Cl2NO2/c1-13(2,5-6-17)8-16-12(18)9-3-4-10(14)11(15)7-9/h3-4,7,17H,5-6,8H2,1-2H3,(H,16,18). The van der Waals surface area contributed by atoms with E-state index in [1.54, 1.807) is 12.1 Å². The van der Waals surface area contributed by atoms with Crippen molar-refractivity contribution in [1.29, 1.82) is 0 Å². The van der Waals surface area contributed by atoms with Gasteiger partial charge in [-0.1, -0.05) is 37.0 Å². The second kappa shape index (κ2) is 6.41. The number of aliphatic hydroxyl groups excluding tert-OH is 1. The Bertz CT molecular complexity index is 433. The highest BCUT2D eigenvalue weighted by molar-refractivity contribution is 6.42. The Morgan fingerprint density at radius 2 is 2.00 bits per heavy atom. The molecule has 0 unspecified atom stereocenters. The second-order valence-electron chi connectivity index (χ2n) is 4.95. The monoisotopic (exact) mass is 289 g/mol. The number of carbonyl (C=O) groups is 1. The number of hydrogen-bond acceptors (Lipinski definition) is 2. The summed E-state index contributed by atoms with van der Waals surface area (Å²) in [5.41, 5.74) is 0.338. The molecule has 1 aromatic carbocycles. The number of aliphatic hydroxyl groups is 1. The third-order valence-corrected chi connectivity index (χ3v) is 3.44. The van der Waals surface area contributed by atoms with Gasteiger partial charge in [0.2, 0.25) is 0 Å². The van der Waals surface area contributed by atoms with Gasteiger partial charge < -0.3 is 10.4 Å². The quantitative estimate of drug-likeness (QED) is 0.875. The van der Waals surface area contributed by atoms with Gasteiger partial charge >= 0.3 is 0 Å². The molecule has 1 rings (SSSR count). The smallest absolute Gasteiger partial charge is 0.251 e. The van der Waals surface area contributed by atoms with Crippen LogP contribution < -0.4 is 5.32 Å². The lowest BCUT2D eigenvalue weighted by atomic mass is 9.89. The van der Waals surface area contributed by atoms with Gasteiger partial charge in [0, 0.05) is 18.7 Å². The van der Waals surface area contributed by atoms with Crippen molar-refractivity contribution in [2.75, 3.05) is 13.2 Å². The fourth-order valence-electron chi connectivity index (χ4n) is 1.45. The Morgan fingerprint density at radius 1 is 1.33 bits per heavy atom. The zero-order chi connectivity index (χ0) is 13.8. The van der Waals surface area contributed by atoms with E-state index in [1.165, 1.54) is 6.07 Å². The molecule has 0 aliphatic rings. The molecule has 0 heterocycles. The van der Waals surface area contributed by atoms with Gasteiger partial charge in [-0.15, -0.1) is 0 Å². The van der Waals surface area contributed by atoms with E-state index < -0.39 is 0 Å². The molecule has 5 heteroatoms. The van der Waals surface area contributed by atoms with E-state index >= 15 is 0 Å². The molecule has 0 atom stereocenters. The molecule has 2 N–H and O–H groups in total. The molecule has 0 saturated heterocycles. The van der Waals surface area contributed by atoms with Crippen LogP contribution >= 0.6 is 23.2 Å². The minimum absolute atomic E-state index is 0.107. The maximum atomic E-state index is 11.9. The molecule has 0 radical (unpaired) electrons. The highest BCUT2D eigenvalue weighted by Crippen LogP contribution is 2.23. The molecule has 1 amide bonds. The van der Waals surface area contributed by atoms with Crippen molar-refractivity contribution in [3.63, 3.8) is 0 Å². The number of hydrogen-bond donors (Lipinski definition) is 2. The number of nitrogens with one attached hydrogen (secondary N) is 1. The summed E-state index contributed by atoms with van der Waals surface area (Å²) >= 11 is 11.6. The van der Waals surface area contributed by atoms with Gasteiger partial charge in [0.1, 0.15) is 0 Å². The third kappa shape index (κ3) is 4.48. The first kappa shape index (κ1) is 15.3. The number of rotatable bonds is 5. The van der Waals surface area contributed by atoms with Crippen LogP contribution in [0.2, 0.25) is 10.0 Å². The fraction of sp³-hybridized carbons (Fsp3) is 0.462. The van der Waals surface area contributed by atoms with Crippen molar-refractivity contribution in [3.05, 3.63) is 33.8 Å². The molecule has 0 spiro atoms. The van der Waals surface area contributed by atoms with Crippen LogP contribution in [0.3, 0.4) is 0 Å². The largest absolute Gasteiger partial charge is 0.396 e. The zero-order valence-electron chi connectivity index (χ0n) is 10.5. The summed E-state index contributed by atoms with van der Waals surface area (Å²) in [4.78, 5) is 11.9. The second-order valence-corrected chi connectivity index (χ2v) is 5.76. The Balaban J connectivity index is 2.63. The summed E-state index contributed by atoms with van der Waals surface area (Å²) in [5, 5.41) is 12.5. The molecule has 100 valence electrons. The topological polar surface area (TPSA) is 49.3 Å². The minimum Gasteiger partial charge on any atom is -0.396 e. The van der Waals surface area contributed by atoms with Crippen LogP contribution in [0.25, 0.3) is 0 Å². The Morgan fingerprint density at radius 3 is 2.56 bits per heavy atom. The lowest BCUT2D eigenvalue weighted by Gasteiger charge is -2.23. The molecular weight excluding hydrogens is 273 g/mol. The van der Waals surface area contributed by atoms with E-state index in [4.69, 9.17) is 28.3 Å². The molecule has 0 fully saturated rings. The maximum absolute atomic E-state index is 11.9. The van der Waals surface area contributed by atoms with E-state index in [1.807, 2.05) is 13.8 Å². The first-order chi connectivity index (χ1) is 8.35. The van der Waals surface area contributed by atoms with Gasteiger partial charge in [0.05, 0.1) is 10.0 Å². The van der Waals surface area contributed by atoms with Crippen LogP contribution in [0.5, 0.6) is 0 Å². The predicted octanol–water partition coefficient (Wildman–Crippen LogP) is 3.13. The van der Waals surface area contributed by atoms with Crippen molar-refractivity contribution in [2.45, 2.75) is 20.3 Å². The molecule has 0 saturated carbocycles.